The van der Waals surface area contributed by atoms with Crippen LogP contribution in [0.25, 0.3) is 11.0 Å². The predicted octanol–water partition coefficient (Wildman–Crippen LogP) is 3.59. The number of rotatable bonds is 2. The minimum Gasteiger partial charge on any atom is -0.330 e. The van der Waals surface area contributed by atoms with Crippen LogP contribution in [0, 0.1) is 16.5 Å². The van der Waals surface area contributed by atoms with Gasteiger partial charge in [0.05, 0.1) is 11.0 Å². The second-order valence-electron chi connectivity index (χ2n) is 4.43. The molecular weight excluding hydrogens is 255 g/mol. The van der Waals surface area contributed by atoms with Crippen LogP contribution in [0.5, 0.6) is 0 Å². The number of aromatic amines is 1. The summed E-state index contributed by atoms with van der Waals surface area (Å²) in [5.41, 5.74) is 1.80. The third-order valence-corrected chi connectivity index (χ3v) is 4.75. The normalized spacial score (nSPS) is 20.2. The van der Waals surface area contributed by atoms with E-state index in [2.05, 4.69) is 9.55 Å². The highest BCUT2D eigenvalue weighted by Crippen LogP contribution is 2.26. The summed E-state index contributed by atoms with van der Waals surface area (Å²) in [4.78, 5) is 3.07. The monoisotopic (exact) mass is 268 g/mol. The number of hydrogen-bond donors (Lipinski definition) is 1. The summed E-state index contributed by atoms with van der Waals surface area (Å²) in [5.74, 6) is 2.91. The maximum atomic E-state index is 13.1. The highest BCUT2D eigenvalue weighted by molar-refractivity contribution is 7.99. The molecule has 0 saturated carbocycles. The summed E-state index contributed by atoms with van der Waals surface area (Å²) in [7, 11) is 0. The molecule has 17 heavy (non-hydrogen) atoms. The van der Waals surface area contributed by atoms with Crippen molar-refractivity contribution in [2.45, 2.75) is 13.0 Å². The Bertz CT molecular complexity index is 596. The highest BCUT2D eigenvalue weighted by Gasteiger charge is 2.17. The molecule has 0 spiro atoms. The van der Waals surface area contributed by atoms with Gasteiger partial charge in [-0.05, 0) is 54.3 Å². The van der Waals surface area contributed by atoms with Gasteiger partial charge in [-0.2, -0.15) is 11.8 Å². The van der Waals surface area contributed by atoms with Crippen molar-refractivity contribution in [3.63, 3.8) is 0 Å². The van der Waals surface area contributed by atoms with Gasteiger partial charge in [0.25, 0.3) is 0 Å². The van der Waals surface area contributed by atoms with E-state index >= 15 is 0 Å². The van der Waals surface area contributed by atoms with E-state index in [-0.39, 0.29) is 5.82 Å². The first-order valence-corrected chi connectivity index (χ1v) is 7.26. The topological polar surface area (TPSA) is 20.7 Å². The molecule has 1 N–H and O–H groups in total. The molecule has 1 aliphatic heterocycles. The van der Waals surface area contributed by atoms with Crippen molar-refractivity contribution in [1.29, 1.82) is 0 Å². The van der Waals surface area contributed by atoms with Crippen LogP contribution in [-0.4, -0.2) is 21.1 Å². The third kappa shape index (κ3) is 2.13. The summed E-state index contributed by atoms with van der Waals surface area (Å²) in [5, 5.41) is 0. The number of nitrogens with zero attached hydrogens (tertiary/aromatic N) is 1. The number of halogens is 1. The molecule has 1 atom stereocenters. The second kappa shape index (κ2) is 4.46. The van der Waals surface area contributed by atoms with Crippen molar-refractivity contribution >= 4 is 35.0 Å². The van der Waals surface area contributed by atoms with Crippen LogP contribution in [0.4, 0.5) is 4.39 Å². The molecule has 0 bridgehead atoms. The van der Waals surface area contributed by atoms with Crippen LogP contribution < -0.4 is 0 Å². The molecular formula is C12H13FN2S2. The van der Waals surface area contributed by atoms with Crippen molar-refractivity contribution in [2.75, 3.05) is 11.5 Å². The Morgan fingerprint density at radius 1 is 1.53 bits per heavy atom. The number of imidazole rings is 1. The van der Waals surface area contributed by atoms with Crippen LogP contribution in [0.1, 0.15) is 6.42 Å². The molecule has 1 fully saturated rings. The number of fused-ring (bicyclic) bond motifs is 1. The first-order chi connectivity index (χ1) is 8.24. The van der Waals surface area contributed by atoms with Gasteiger partial charge in [0.2, 0.25) is 0 Å². The van der Waals surface area contributed by atoms with E-state index in [1.54, 1.807) is 6.07 Å². The van der Waals surface area contributed by atoms with E-state index in [9.17, 15) is 4.39 Å². The van der Waals surface area contributed by atoms with Crippen molar-refractivity contribution < 1.29 is 4.39 Å². The van der Waals surface area contributed by atoms with E-state index in [1.165, 1.54) is 30.1 Å². The first kappa shape index (κ1) is 11.3. The average Bonchev–Trinajstić information content (AvgIpc) is 2.88. The molecule has 1 unspecified atom stereocenters. The lowest BCUT2D eigenvalue weighted by molar-refractivity contribution is 0.497. The molecule has 1 aromatic heterocycles. The van der Waals surface area contributed by atoms with Gasteiger partial charge < -0.3 is 9.55 Å². The number of benzene rings is 1. The summed E-state index contributed by atoms with van der Waals surface area (Å²) < 4.78 is 15.9. The lowest BCUT2D eigenvalue weighted by atomic mass is 10.1. The van der Waals surface area contributed by atoms with Gasteiger partial charge in [-0.15, -0.1) is 0 Å². The molecule has 1 aliphatic rings. The van der Waals surface area contributed by atoms with E-state index in [0.29, 0.717) is 10.7 Å². The third-order valence-electron chi connectivity index (χ3n) is 3.20. The van der Waals surface area contributed by atoms with Crippen LogP contribution in [0.2, 0.25) is 0 Å². The Kier molecular flexibility index (Phi) is 2.96. The number of nitrogens with one attached hydrogen (secondary N) is 1. The van der Waals surface area contributed by atoms with Crippen LogP contribution in [-0.2, 0) is 6.54 Å². The highest BCUT2D eigenvalue weighted by atomic mass is 32.2. The number of H-pyrrole nitrogens is 1. The largest absolute Gasteiger partial charge is 0.330 e. The molecule has 2 heterocycles. The van der Waals surface area contributed by atoms with E-state index < -0.39 is 0 Å². The Morgan fingerprint density at radius 2 is 2.41 bits per heavy atom. The fraction of sp³-hybridized carbons (Fsp3) is 0.417. The number of thioether (sulfide) groups is 1. The van der Waals surface area contributed by atoms with Gasteiger partial charge in [0.15, 0.2) is 4.77 Å². The van der Waals surface area contributed by atoms with E-state index in [0.717, 1.165) is 17.6 Å². The fourth-order valence-electron chi connectivity index (χ4n) is 2.30. The van der Waals surface area contributed by atoms with Gasteiger partial charge in [-0.1, -0.05) is 0 Å². The smallest absolute Gasteiger partial charge is 0.178 e. The Hall–Kier alpha value is -0.810. The van der Waals surface area contributed by atoms with Crippen molar-refractivity contribution in [3.05, 3.63) is 28.8 Å². The van der Waals surface area contributed by atoms with Crippen molar-refractivity contribution in [1.82, 2.24) is 9.55 Å². The quantitative estimate of drug-likeness (QED) is 0.840. The summed E-state index contributed by atoms with van der Waals surface area (Å²) in [6.45, 7) is 0.942. The molecule has 2 nitrogen and oxygen atoms in total. The van der Waals surface area contributed by atoms with Gasteiger partial charge in [0.1, 0.15) is 5.82 Å². The standard InChI is InChI=1S/C12H13FN2S2/c13-9-1-2-11-10(5-9)14-12(16)15(11)6-8-3-4-17-7-8/h1-2,5,8H,3-4,6-7H2,(H,14,16). The Morgan fingerprint density at radius 3 is 3.18 bits per heavy atom. The number of hydrogen-bond acceptors (Lipinski definition) is 2. The van der Waals surface area contributed by atoms with Crippen LogP contribution in [0.15, 0.2) is 18.2 Å². The van der Waals surface area contributed by atoms with Gasteiger partial charge in [0, 0.05) is 6.54 Å². The van der Waals surface area contributed by atoms with Gasteiger partial charge in [-0.25, -0.2) is 4.39 Å². The van der Waals surface area contributed by atoms with Gasteiger partial charge in [-0.3, -0.25) is 0 Å². The first-order valence-electron chi connectivity index (χ1n) is 5.70. The zero-order valence-electron chi connectivity index (χ0n) is 9.28. The van der Waals surface area contributed by atoms with Gasteiger partial charge >= 0.3 is 0 Å². The van der Waals surface area contributed by atoms with Crippen LogP contribution >= 0.6 is 24.0 Å². The molecule has 0 radical (unpaired) electrons. The molecule has 5 heteroatoms. The van der Waals surface area contributed by atoms with E-state index in [1.807, 2.05) is 11.8 Å². The van der Waals surface area contributed by atoms with E-state index in [4.69, 9.17) is 12.2 Å². The fourth-order valence-corrected chi connectivity index (χ4v) is 3.86. The Labute approximate surface area is 108 Å². The lowest BCUT2D eigenvalue weighted by Gasteiger charge is -2.10. The maximum absolute atomic E-state index is 13.1. The SMILES string of the molecule is Fc1ccc2c(c1)[nH]c(=S)n2CC1CCSC1. The van der Waals surface area contributed by atoms with Crippen molar-refractivity contribution in [2.24, 2.45) is 5.92 Å². The number of aromatic nitrogens is 2. The average molecular weight is 268 g/mol. The predicted molar refractivity (Wildman–Crippen MR) is 72.5 cm³/mol. The molecule has 1 saturated heterocycles. The minimum absolute atomic E-state index is 0.225. The maximum Gasteiger partial charge on any atom is 0.178 e. The molecule has 2 aromatic rings. The molecule has 90 valence electrons. The molecule has 0 amide bonds. The van der Waals surface area contributed by atoms with Crippen LogP contribution in [0.3, 0.4) is 0 Å². The zero-order valence-corrected chi connectivity index (χ0v) is 10.9. The molecule has 1 aromatic carbocycles. The summed E-state index contributed by atoms with van der Waals surface area (Å²) >= 11 is 7.31. The Balaban J connectivity index is 2.02. The molecule has 0 aliphatic carbocycles. The zero-order chi connectivity index (χ0) is 11.8. The lowest BCUT2D eigenvalue weighted by Crippen LogP contribution is -2.09. The second-order valence-corrected chi connectivity index (χ2v) is 5.97. The van der Waals surface area contributed by atoms with Crippen molar-refractivity contribution in [3.8, 4) is 0 Å². The molecule has 3 rings (SSSR count). The minimum atomic E-state index is -0.225. The summed E-state index contributed by atoms with van der Waals surface area (Å²) in [6, 6.07) is 4.80. The summed E-state index contributed by atoms with van der Waals surface area (Å²) in [6.07, 6.45) is 1.25.